The number of hydrogen-bond acceptors (Lipinski definition) is 5. The first kappa shape index (κ1) is 25.5. The Labute approximate surface area is 221 Å². The highest BCUT2D eigenvalue weighted by Crippen LogP contribution is 2.36. The summed E-state index contributed by atoms with van der Waals surface area (Å²) >= 11 is 8.71. The van der Waals surface area contributed by atoms with E-state index in [1.165, 1.54) is 30.3 Å². The van der Waals surface area contributed by atoms with Crippen molar-refractivity contribution in [1.29, 1.82) is 0 Å². The maximum absolute atomic E-state index is 13.4. The number of nitrogens with one attached hydrogen (secondary N) is 1. The van der Waals surface area contributed by atoms with Crippen LogP contribution in [-0.4, -0.2) is 23.5 Å². The number of aryl methyl sites for hydroxylation is 1. The third-order valence-corrected chi connectivity index (χ3v) is 6.34. The van der Waals surface area contributed by atoms with Gasteiger partial charge >= 0.3 is 0 Å². The fourth-order valence-corrected chi connectivity index (χ4v) is 4.24. The zero-order valence-corrected chi connectivity index (χ0v) is 21.9. The van der Waals surface area contributed by atoms with Gasteiger partial charge in [0.05, 0.1) is 12.3 Å². The van der Waals surface area contributed by atoms with E-state index in [0.717, 1.165) is 16.0 Å². The van der Waals surface area contributed by atoms with Gasteiger partial charge in [-0.25, -0.2) is 4.39 Å². The van der Waals surface area contributed by atoms with E-state index in [-0.39, 0.29) is 10.7 Å². The van der Waals surface area contributed by atoms with Crippen molar-refractivity contribution in [1.82, 2.24) is 5.32 Å². The van der Waals surface area contributed by atoms with Gasteiger partial charge in [-0.2, -0.15) is 0 Å². The van der Waals surface area contributed by atoms with Crippen LogP contribution in [0.5, 0.6) is 11.5 Å². The largest absolute Gasteiger partial charge is 0.490 e. The molecule has 0 unspecified atom stereocenters. The second kappa shape index (κ2) is 11.0. The maximum atomic E-state index is 13.4. The number of rotatable bonds is 7. The molecule has 3 aromatic carbocycles. The molecule has 6 nitrogen and oxygen atoms in total. The molecule has 1 fully saturated rings. The highest BCUT2D eigenvalue weighted by Gasteiger charge is 2.34. The van der Waals surface area contributed by atoms with Crippen LogP contribution in [-0.2, 0) is 16.2 Å². The molecule has 4 rings (SSSR count). The minimum atomic E-state index is -0.632. The Bertz CT molecular complexity index is 1360. The SMILES string of the molecule is CCOc1cc(/C=C2/C(=O)NC(=S)N(c3ccc(F)cc3)C2=O)c(Br)cc1OCc1ccc(C)cc1. The summed E-state index contributed by atoms with van der Waals surface area (Å²) in [6, 6.07) is 16.7. The molecule has 0 radical (unpaired) electrons. The monoisotopic (exact) mass is 568 g/mol. The molecule has 0 saturated carbocycles. The van der Waals surface area contributed by atoms with Crippen LogP contribution in [0.1, 0.15) is 23.6 Å². The van der Waals surface area contributed by atoms with Crippen LogP contribution >= 0.6 is 28.1 Å². The molecule has 1 saturated heterocycles. The molecule has 0 aromatic heterocycles. The molecule has 1 aliphatic rings. The van der Waals surface area contributed by atoms with Crippen LogP contribution in [0.15, 0.2) is 70.7 Å². The van der Waals surface area contributed by atoms with Crippen molar-refractivity contribution < 1.29 is 23.5 Å². The van der Waals surface area contributed by atoms with Crippen molar-refractivity contribution in [3.8, 4) is 11.5 Å². The first-order chi connectivity index (χ1) is 17.3. The summed E-state index contributed by atoms with van der Waals surface area (Å²) < 4.78 is 25.8. The van der Waals surface area contributed by atoms with Crippen molar-refractivity contribution in [2.45, 2.75) is 20.5 Å². The van der Waals surface area contributed by atoms with E-state index in [1.54, 1.807) is 12.1 Å². The van der Waals surface area contributed by atoms with E-state index >= 15 is 0 Å². The van der Waals surface area contributed by atoms with E-state index in [4.69, 9.17) is 21.7 Å². The third kappa shape index (κ3) is 5.63. The molecule has 36 heavy (non-hydrogen) atoms. The number of hydrogen-bond donors (Lipinski definition) is 1. The number of thiocarbonyl (C=S) groups is 1. The predicted octanol–water partition coefficient (Wildman–Crippen LogP) is 5.71. The molecule has 184 valence electrons. The standard InChI is InChI=1S/C27H22BrFN2O4S/c1-3-34-23-13-18(22(28)14-24(23)35-15-17-6-4-16(2)5-7-17)12-21-25(32)30-27(36)31(26(21)33)20-10-8-19(29)9-11-20/h4-14H,3,15H2,1-2H3,(H,30,32,36)/b21-12-. The van der Waals surface area contributed by atoms with Gasteiger partial charge in [0.1, 0.15) is 18.0 Å². The lowest BCUT2D eigenvalue weighted by atomic mass is 10.1. The van der Waals surface area contributed by atoms with Crippen molar-refractivity contribution in [2.75, 3.05) is 11.5 Å². The molecule has 0 atom stereocenters. The molecule has 0 aliphatic carbocycles. The van der Waals surface area contributed by atoms with Crippen molar-refractivity contribution in [3.05, 3.63) is 93.2 Å². The van der Waals surface area contributed by atoms with E-state index in [9.17, 15) is 14.0 Å². The highest BCUT2D eigenvalue weighted by atomic mass is 79.9. The zero-order chi connectivity index (χ0) is 25.8. The Morgan fingerprint density at radius 1 is 1.03 bits per heavy atom. The summed E-state index contributed by atoms with van der Waals surface area (Å²) in [5.41, 5.74) is 2.91. The number of nitrogens with zero attached hydrogens (tertiary/aromatic N) is 1. The fourth-order valence-electron chi connectivity index (χ4n) is 3.53. The minimum absolute atomic E-state index is 0.0808. The van der Waals surface area contributed by atoms with Gasteiger partial charge in [0.2, 0.25) is 0 Å². The summed E-state index contributed by atoms with van der Waals surface area (Å²) in [4.78, 5) is 27.1. The third-order valence-electron chi connectivity index (χ3n) is 5.36. The summed E-state index contributed by atoms with van der Waals surface area (Å²) in [7, 11) is 0. The Morgan fingerprint density at radius 2 is 1.69 bits per heavy atom. The van der Waals surface area contributed by atoms with Gasteiger partial charge in [0, 0.05) is 4.47 Å². The molecule has 1 heterocycles. The number of ether oxygens (including phenoxy) is 2. The highest BCUT2D eigenvalue weighted by molar-refractivity contribution is 9.10. The summed E-state index contributed by atoms with van der Waals surface area (Å²) in [5.74, 6) is -0.729. The average molecular weight is 569 g/mol. The van der Waals surface area contributed by atoms with Gasteiger partial charge in [-0.1, -0.05) is 45.8 Å². The van der Waals surface area contributed by atoms with E-state index in [2.05, 4.69) is 21.2 Å². The molecule has 0 bridgehead atoms. The number of anilines is 1. The summed E-state index contributed by atoms with van der Waals surface area (Å²) in [6.07, 6.45) is 1.45. The normalized spacial score (nSPS) is 14.7. The lowest BCUT2D eigenvalue weighted by Gasteiger charge is -2.29. The molecule has 2 amide bonds. The zero-order valence-electron chi connectivity index (χ0n) is 19.5. The van der Waals surface area contributed by atoms with E-state index in [0.29, 0.717) is 40.4 Å². The molecule has 1 aliphatic heterocycles. The summed E-state index contributed by atoms with van der Waals surface area (Å²) in [6.45, 7) is 4.61. The van der Waals surface area contributed by atoms with Crippen LogP contribution < -0.4 is 19.7 Å². The molecule has 0 spiro atoms. The maximum Gasteiger partial charge on any atom is 0.270 e. The van der Waals surface area contributed by atoms with Crippen LogP contribution in [0.2, 0.25) is 0 Å². The van der Waals surface area contributed by atoms with E-state index < -0.39 is 17.6 Å². The Morgan fingerprint density at radius 3 is 2.36 bits per heavy atom. The lowest BCUT2D eigenvalue weighted by Crippen LogP contribution is -2.54. The molecule has 1 N–H and O–H groups in total. The predicted molar refractivity (Wildman–Crippen MR) is 143 cm³/mol. The first-order valence-electron chi connectivity index (χ1n) is 11.1. The smallest absolute Gasteiger partial charge is 0.270 e. The molecular weight excluding hydrogens is 547 g/mol. The second-order valence-electron chi connectivity index (χ2n) is 7.96. The minimum Gasteiger partial charge on any atom is -0.490 e. The van der Waals surface area contributed by atoms with Gasteiger partial charge < -0.3 is 9.47 Å². The average Bonchev–Trinajstić information content (AvgIpc) is 2.84. The van der Waals surface area contributed by atoms with E-state index in [1.807, 2.05) is 38.1 Å². The molecule has 3 aromatic rings. The van der Waals surface area contributed by atoms with Gasteiger partial charge in [-0.15, -0.1) is 0 Å². The number of benzene rings is 3. The lowest BCUT2D eigenvalue weighted by molar-refractivity contribution is -0.122. The van der Waals surface area contributed by atoms with Crippen LogP contribution in [0, 0.1) is 12.7 Å². The fraction of sp³-hybridized carbons (Fsp3) is 0.148. The van der Waals surface area contributed by atoms with Gasteiger partial charge in [0.25, 0.3) is 11.8 Å². The molecular formula is C27H22BrFN2O4S. The summed E-state index contributed by atoms with van der Waals surface area (Å²) in [5, 5.41) is 2.44. The van der Waals surface area contributed by atoms with Crippen LogP contribution in [0.25, 0.3) is 6.08 Å². The Kier molecular flexibility index (Phi) is 7.81. The number of halogens is 2. The molecule has 9 heteroatoms. The number of carbonyl (C=O) groups excluding carboxylic acids is 2. The van der Waals surface area contributed by atoms with Crippen LogP contribution in [0.3, 0.4) is 0 Å². The Balaban J connectivity index is 1.65. The quantitative estimate of drug-likeness (QED) is 0.225. The van der Waals surface area contributed by atoms with Gasteiger partial charge in [-0.05, 0) is 79.7 Å². The number of carbonyl (C=O) groups is 2. The second-order valence-corrected chi connectivity index (χ2v) is 9.20. The topological polar surface area (TPSA) is 67.9 Å². The van der Waals surface area contributed by atoms with Crippen molar-refractivity contribution in [2.24, 2.45) is 0 Å². The number of amides is 2. The van der Waals surface area contributed by atoms with Crippen LogP contribution in [0.4, 0.5) is 10.1 Å². The first-order valence-corrected chi connectivity index (χ1v) is 12.3. The van der Waals surface area contributed by atoms with Crippen molar-refractivity contribution in [3.63, 3.8) is 0 Å². The van der Waals surface area contributed by atoms with Crippen molar-refractivity contribution >= 4 is 56.8 Å². The van der Waals surface area contributed by atoms with Gasteiger partial charge in [0.15, 0.2) is 16.6 Å². The Hall–Kier alpha value is -3.56. The van der Waals surface area contributed by atoms with Gasteiger partial charge in [-0.3, -0.25) is 19.8 Å².